The Balaban J connectivity index is 1.39. The smallest absolute Gasteiger partial charge is 0.236 e. The molecule has 1 aromatic heterocycles. The molecule has 5 nitrogen and oxygen atoms in total. The van der Waals surface area contributed by atoms with Crippen LogP contribution in [0.5, 0.6) is 0 Å². The number of benzene rings is 1. The van der Waals surface area contributed by atoms with E-state index in [4.69, 9.17) is 0 Å². The van der Waals surface area contributed by atoms with Crippen molar-refractivity contribution in [2.45, 2.75) is 64.5 Å². The van der Waals surface area contributed by atoms with E-state index in [0.29, 0.717) is 32.6 Å². The zero-order valence-electron chi connectivity index (χ0n) is 20.3. The first-order valence-electron chi connectivity index (χ1n) is 12.6. The predicted molar refractivity (Wildman–Crippen MR) is 134 cm³/mol. The van der Waals surface area contributed by atoms with E-state index in [9.17, 15) is 14.0 Å². The van der Waals surface area contributed by atoms with E-state index in [1.54, 1.807) is 23.5 Å². The summed E-state index contributed by atoms with van der Waals surface area (Å²) in [6, 6.07) is 8.76. The van der Waals surface area contributed by atoms with Gasteiger partial charge in [-0.05, 0) is 54.5 Å². The number of halogens is 1. The molecule has 0 spiro atoms. The Morgan fingerprint density at radius 2 is 1.94 bits per heavy atom. The molecule has 2 aromatic rings. The molecule has 0 saturated carbocycles. The van der Waals surface area contributed by atoms with Gasteiger partial charge in [-0.25, -0.2) is 4.39 Å². The van der Waals surface area contributed by atoms with E-state index < -0.39 is 0 Å². The van der Waals surface area contributed by atoms with Gasteiger partial charge in [-0.15, -0.1) is 11.3 Å². The fourth-order valence-corrected chi connectivity index (χ4v) is 6.18. The summed E-state index contributed by atoms with van der Waals surface area (Å²) in [7, 11) is 0. The highest BCUT2D eigenvalue weighted by molar-refractivity contribution is 7.10. The Morgan fingerprint density at radius 1 is 1.09 bits per heavy atom. The summed E-state index contributed by atoms with van der Waals surface area (Å²) in [6.45, 7) is 7.02. The zero-order chi connectivity index (χ0) is 24.1. The molecule has 2 aliphatic rings. The maximum Gasteiger partial charge on any atom is 0.236 e. The Labute approximate surface area is 206 Å². The third-order valence-corrected chi connectivity index (χ3v) is 8.11. The van der Waals surface area contributed by atoms with Gasteiger partial charge >= 0.3 is 0 Å². The molecule has 34 heavy (non-hydrogen) atoms. The Bertz CT molecular complexity index is 994. The van der Waals surface area contributed by atoms with Gasteiger partial charge < -0.3 is 9.80 Å². The van der Waals surface area contributed by atoms with Gasteiger partial charge in [0.05, 0.1) is 12.6 Å². The number of rotatable bonds is 8. The van der Waals surface area contributed by atoms with Crippen molar-refractivity contribution in [3.8, 4) is 0 Å². The lowest BCUT2D eigenvalue weighted by Crippen LogP contribution is -2.57. The Morgan fingerprint density at radius 3 is 2.71 bits per heavy atom. The first kappa shape index (κ1) is 24.9. The van der Waals surface area contributed by atoms with Crippen molar-refractivity contribution in [2.75, 3.05) is 32.7 Å². The average Bonchev–Trinajstić information content (AvgIpc) is 3.30. The van der Waals surface area contributed by atoms with Crippen LogP contribution in [-0.2, 0) is 16.0 Å². The molecule has 7 heteroatoms. The normalized spacial score (nSPS) is 20.9. The highest BCUT2D eigenvalue weighted by atomic mass is 32.1. The second-order valence-corrected chi connectivity index (χ2v) is 10.6. The minimum atomic E-state index is -0.254. The fourth-order valence-electron chi connectivity index (χ4n) is 5.28. The van der Waals surface area contributed by atoms with Crippen molar-refractivity contribution >= 4 is 23.2 Å². The van der Waals surface area contributed by atoms with Gasteiger partial charge in [-0.3, -0.25) is 14.5 Å². The molecular weight excluding hydrogens is 449 g/mol. The average molecular weight is 486 g/mol. The molecule has 0 unspecified atom stereocenters. The van der Waals surface area contributed by atoms with Crippen LogP contribution >= 0.6 is 11.3 Å². The van der Waals surface area contributed by atoms with Crippen LogP contribution in [0.15, 0.2) is 35.7 Å². The summed E-state index contributed by atoms with van der Waals surface area (Å²) >= 11 is 1.74. The molecule has 0 N–H and O–H groups in total. The maximum absolute atomic E-state index is 14.0. The third-order valence-electron chi connectivity index (χ3n) is 7.11. The van der Waals surface area contributed by atoms with E-state index in [0.717, 1.165) is 37.8 Å². The first-order valence-corrected chi connectivity index (χ1v) is 13.5. The van der Waals surface area contributed by atoms with Crippen molar-refractivity contribution in [3.63, 3.8) is 0 Å². The Kier molecular flexibility index (Phi) is 8.37. The molecule has 4 rings (SSSR count). The van der Waals surface area contributed by atoms with Crippen molar-refractivity contribution < 1.29 is 14.0 Å². The van der Waals surface area contributed by atoms with Gasteiger partial charge in [0.25, 0.3) is 0 Å². The minimum absolute atomic E-state index is 0.0280. The van der Waals surface area contributed by atoms with Gasteiger partial charge in [0.1, 0.15) is 5.82 Å². The van der Waals surface area contributed by atoms with Crippen LogP contribution in [0.25, 0.3) is 0 Å². The molecule has 2 aliphatic heterocycles. The van der Waals surface area contributed by atoms with E-state index >= 15 is 0 Å². The molecule has 0 radical (unpaired) electrons. The van der Waals surface area contributed by atoms with Crippen LogP contribution in [0, 0.1) is 5.82 Å². The van der Waals surface area contributed by atoms with Crippen molar-refractivity contribution in [2.24, 2.45) is 0 Å². The maximum atomic E-state index is 14.0. The molecule has 1 saturated heterocycles. The van der Waals surface area contributed by atoms with Crippen LogP contribution in [0.1, 0.15) is 68.0 Å². The van der Waals surface area contributed by atoms with Crippen LogP contribution in [0.3, 0.4) is 0 Å². The molecule has 1 aromatic carbocycles. The third kappa shape index (κ3) is 5.69. The van der Waals surface area contributed by atoms with E-state index in [1.807, 2.05) is 22.8 Å². The van der Waals surface area contributed by atoms with Crippen molar-refractivity contribution in [3.05, 3.63) is 57.5 Å². The number of carbonyl (C=O) groups is 2. The zero-order valence-corrected chi connectivity index (χ0v) is 21.2. The van der Waals surface area contributed by atoms with E-state index in [1.165, 1.54) is 22.9 Å². The summed E-state index contributed by atoms with van der Waals surface area (Å²) in [6.07, 6.45) is 5.89. The summed E-state index contributed by atoms with van der Waals surface area (Å²) < 4.78 is 14.0. The second-order valence-electron chi connectivity index (χ2n) is 9.56. The molecule has 0 aliphatic carbocycles. The molecule has 0 bridgehead atoms. The number of thiophene rings is 1. The SMILES string of the molecule is CCCCCCC(=O)N1CCN(C(=O)CN2CCc3sccc3[C@@H]2c2cccc(F)c2)C[C@H]1C. The quantitative estimate of drug-likeness (QED) is 0.502. The predicted octanol–water partition coefficient (Wildman–Crippen LogP) is 4.86. The number of carbonyl (C=O) groups excluding carboxylic acids is 2. The summed E-state index contributed by atoms with van der Waals surface area (Å²) in [4.78, 5) is 33.4. The van der Waals surface area contributed by atoms with E-state index in [-0.39, 0.29) is 29.7 Å². The first-order chi connectivity index (χ1) is 16.5. The number of hydrogen-bond acceptors (Lipinski definition) is 4. The van der Waals surface area contributed by atoms with Gasteiger partial charge in [0, 0.05) is 43.5 Å². The number of fused-ring (bicyclic) bond motifs is 1. The van der Waals surface area contributed by atoms with E-state index in [2.05, 4.69) is 23.3 Å². The topological polar surface area (TPSA) is 43.9 Å². The summed E-state index contributed by atoms with van der Waals surface area (Å²) in [5.74, 6) is 0.0419. The second kappa shape index (κ2) is 11.5. The molecule has 2 amide bonds. The fraction of sp³-hybridized carbons (Fsp3) is 0.556. The lowest BCUT2D eigenvalue weighted by atomic mass is 9.93. The largest absolute Gasteiger partial charge is 0.338 e. The van der Waals surface area contributed by atoms with Gasteiger partial charge in [-0.2, -0.15) is 0 Å². The highest BCUT2D eigenvalue weighted by Crippen LogP contribution is 2.37. The van der Waals surface area contributed by atoms with Crippen molar-refractivity contribution in [1.82, 2.24) is 14.7 Å². The van der Waals surface area contributed by atoms with Gasteiger partial charge in [0.15, 0.2) is 0 Å². The van der Waals surface area contributed by atoms with Crippen LogP contribution in [0.4, 0.5) is 4.39 Å². The number of unbranched alkanes of at least 4 members (excludes halogenated alkanes) is 3. The molecule has 2 atom stereocenters. The number of amides is 2. The molecule has 3 heterocycles. The summed E-state index contributed by atoms with van der Waals surface area (Å²) in [5, 5.41) is 2.09. The van der Waals surface area contributed by atoms with Crippen LogP contribution in [0.2, 0.25) is 0 Å². The minimum Gasteiger partial charge on any atom is -0.338 e. The highest BCUT2D eigenvalue weighted by Gasteiger charge is 2.34. The number of piperazine rings is 1. The lowest BCUT2D eigenvalue weighted by molar-refractivity contribution is -0.143. The summed E-state index contributed by atoms with van der Waals surface area (Å²) in [5.41, 5.74) is 2.07. The standard InChI is InChI=1S/C27H36FN3O2S/c1-3-4-5-6-10-25(32)31-15-14-29(18-20(31)2)26(33)19-30-13-11-24-23(12-16-34-24)27(30)21-8-7-9-22(28)17-21/h7-9,12,16-17,20,27H,3-6,10-11,13-15,18-19H2,1-2H3/t20-,27+/m1/s1. The van der Waals surface area contributed by atoms with Gasteiger partial charge in [0.2, 0.25) is 11.8 Å². The molecular formula is C27H36FN3O2S. The molecule has 1 fully saturated rings. The van der Waals surface area contributed by atoms with Crippen molar-refractivity contribution in [1.29, 1.82) is 0 Å². The van der Waals surface area contributed by atoms with Crippen LogP contribution in [-0.4, -0.2) is 65.3 Å². The lowest BCUT2D eigenvalue weighted by Gasteiger charge is -2.42. The Hall–Kier alpha value is -2.25. The van der Waals surface area contributed by atoms with Crippen LogP contribution < -0.4 is 0 Å². The van der Waals surface area contributed by atoms with Gasteiger partial charge in [-0.1, -0.05) is 38.3 Å². The molecule has 184 valence electrons. The number of hydrogen-bond donors (Lipinski definition) is 0. The number of nitrogens with zero attached hydrogens (tertiary/aromatic N) is 3. The monoisotopic (exact) mass is 485 g/mol.